The van der Waals surface area contributed by atoms with Crippen molar-refractivity contribution in [2.24, 2.45) is 5.92 Å². The van der Waals surface area contributed by atoms with E-state index in [1.165, 1.54) is 11.3 Å². The number of hydrogen-bond donors (Lipinski definition) is 2. The highest BCUT2D eigenvalue weighted by Gasteiger charge is 2.49. The molecule has 0 saturated heterocycles. The number of nitrogens with zero attached hydrogens (tertiary/aromatic N) is 1. The topological polar surface area (TPSA) is 86.7 Å². The smallest absolute Gasteiger partial charge is 0.263 e. The van der Waals surface area contributed by atoms with Gasteiger partial charge in [-0.25, -0.2) is 0 Å². The van der Waals surface area contributed by atoms with Gasteiger partial charge in [0.1, 0.15) is 0 Å². The Bertz CT molecular complexity index is 979. The second-order valence-corrected chi connectivity index (χ2v) is 8.24. The quantitative estimate of drug-likeness (QED) is 0.742. The number of hydrogen-bond acceptors (Lipinski definition) is 4. The summed E-state index contributed by atoms with van der Waals surface area (Å²) in [6, 6.07) is 13.6. The highest BCUT2D eigenvalue weighted by molar-refractivity contribution is 6.10. The maximum Gasteiger partial charge on any atom is 0.263 e. The van der Waals surface area contributed by atoms with Crippen molar-refractivity contribution in [2.75, 3.05) is 17.3 Å². The molecule has 6 heteroatoms. The zero-order valence-corrected chi connectivity index (χ0v) is 17.1. The van der Waals surface area contributed by atoms with Gasteiger partial charge in [0, 0.05) is 29.8 Å². The van der Waals surface area contributed by atoms with Gasteiger partial charge in [0.15, 0.2) is 11.4 Å². The maximum absolute atomic E-state index is 12.8. The van der Waals surface area contributed by atoms with Crippen LogP contribution >= 0.6 is 0 Å². The lowest BCUT2D eigenvalue weighted by Gasteiger charge is -2.21. The lowest BCUT2D eigenvalue weighted by molar-refractivity contribution is -0.135. The van der Waals surface area contributed by atoms with Crippen LogP contribution in [0.3, 0.4) is 0 Å². The number of benzene rings is 2. The van der Waals surface area contributed by atoms with Gasteiger partial charge in [-0.15, -0.1) is 0 Å². The summed E-state index contributed by atoms with van der Waals surface area (Å²) in [4.78, 5) is 39.3. The standard InChI is InChI=1S/C24H26N2O4/c1-26-20-10-6-5-9-19(20)24(30,23(26)29)15-21(27)16-11-13-18(14-12-16)25-22(28)17-7-3-2-4-8-17/h5-6,9-14,17,30H,2-4,7-8,15H2,1H3,(H,25,28)/t24-/m0/s1. The van der Waals surface area contributed by atoms with E-state index in [0.29, 0.717) is 22.5 Å². The van der Waals surface area contributed by atoms with Crippen molar-refractivity contribution >= 4 is 29.0 Å². The van der Waals surface area contributed by atoms with E-state index >= 15 is 0 Å². The number of Topliss-reactive ketones (excluding diaryl/α,β-unsaturated/α-hetero) is 1. The third kappa shape index (κ3) is 3.63. The van der Waals surface area contributed by atoms with Gasteiger partial charge >= 0.3 is 0 Å². The van der Waals surface area contributed by atoms with E-state index in [4.69, 9.17) is 0 Å². The number of ketones is 1. The Hall–Kier alpha value is -2.99. The fourth-order valence-electron chi connectivity index (χ4n) is 4.47. The first-order chi connectivity index (χ1) is 14.4. The van der Waals surface area contributed by atoms with Crippen molar-refractivity contribution in [3.05, 3.63) is 59.7 Å². The molecule has 1 saturated carbocycles. The molecule has 1 aliphatic heterocycles. The van der Waals surface area contributed by atoms with Gasteiger partial charge in [-0.2, -0.15) is 0 Å². The molecule has 6 nitrogen and oxygen atoms in total. The van der Waals surface area contributed by atoms with Crippen molar-refractivity contribution < 1.29 is 19.5 Å². The Morgan fingerprint density at radius 3 is 2.43 bits per heavy atom. The van der Waals surface area contributed by atoms with Gasteiger partial charge in [-0.1, -0.05) is 37.5 Å². The third-order valence-corrected chi connectivity index (χ3v) is 6.24. The van der Waals surface area contributed by atoms with Crippen molar-refractivity contribution in [1.82, 2.24) is 0 Å². The van der Waals surface area contributed by atoms with Crippen LogP contribution in [0.2, 0.25) is 0 Å². The summed E-state index contributed by atoms with van der Waals surface area (Å²) in [5, 5.41) is 14.0. The Kier molecular flexibility index (Phi) is 5.43. The number of likely N-dealkylation sites (N-methyl/N-ethyl adjacent to an activating group) is 1. The number of nitrogens with one attached hydrogen (secondary N) is 1. The molecule has 2 aromatic carbocycles. The first kappa shape index (κ1) is 20.3. The monoisotopic (exact) mass is 406 g/mol. The first-order valence-electron chi connectivity index (χ1n) is 10.4. The molecule has 0 unspecified atom stereocenters. The van der Waals surface area contributed by atoms with E-state index in [1.807, 2.05) is 0 Å². The number of amides is 2. The number of aliphatic hydroxyl groups is 1. The van der Waals surface area contributed by atoms with E-state index < -0.39 is 11.5 Å². The molecule has 2 N–H and O–H groups in total. The van der Waals surface area contributed by atoms with Crippen LogP contribution in [0.25, 0.3) is 0 Å². The van der Waals surface area contributed by atoms with Crippen molar-refractivity contribution in [3.8, 4) is 0 Å². The predicted octanol–water partition coefficient (Wildman–Crippen LogP) is 3.64. The molecule has 1 fully saturated rings. The van der Waals surface area contributed by atoms with E-state index in [0.717, 1.165) is 25.7 Å². The average Bonchev–Trinajstić information content (AvgIpc) is 2.96. The van der Waals surface area contributed by atoms with Crippen LogP contribution < -0.4 is 10.2 Å². The largest absolute Gasteiger partial charge is 0.375 e. The van der Waals surface area contributed by atoms with Gasteiger partial charge in [-0.05, 0) is 43.2 Å². The second-order valence-electron chi connectivity index (χ2n) is 8.24. The minimum absolute atomic E-state index is 0.0271. The molecular formula is C24H26N2O4. The maximum atomic E-state index is 12.8. The SMILES string of the molecule is CN1C(=O)[C@](O)(CC(=O)c2ccc(NC(=O)C3CCCCC3)cc2)c2ccccc21. The molecule has 0 radical (unpaired) electrons. The Morgan fingerprint density at radius 1 is 1.07 bits per heavy atom. The lowest BCUT2D eigenvalue weighted by Crippen LogP contribution is -2.40. The summed E-state index contributed by atoms with van der Waals surface area (Å²) in [7, 11) is 1.59. The van der Waals surface area contributed by atoms with E-state index in [1.54, 1.807) is 55.6 Å². The summed E-state index contributed by atoms with van der Waals surface area (Å²) in [6.45, 7) is 0. The highest BCUT2D eigenvalue weighted by Crippen LogP contribution is 2.42. The molecular weight excluding hydrogens is 380 g/mol. The minimum atomic E-state index is -1.86. The van der Waals surface area contributed by atoms with Crippen LogP contribution in [-0.4, -0.2) is 29.8 Å². The predicted molar refractivity (Wildman–Crippen MR) is 114 cm³/mol. The van der Waals surface area contributed by atoms with E-state index in [9.17, 15) is 19.5 Å². The van der Waals surface area contributed by atoms with Gasteiger partial charge in [0.25, 0.3) is 5.91 Å². The Balaban J connectivity index is 1.45. The van der Waals surface area contributed by atoms with Crippen LogP contribution in [0.5, 0.6) is 0 Å². The lowest BCUT2D eigenvalue weighted by atomic mass is 9.88. The Morgan fingerprint density at radius 2 is 1.73 bits per heavy atom. The van der Waals surface area contributed by atoms with Gasteiger partial charge < -0.3 is 15.3 Å². The van der Waals surface area contributed by atoms with Crippen LogP contribution in [0.1, 0.15) is 54.4 Å². The molecule has 156 valence electrons. The van der Waals surface area contributed by atoms with Crippen LogP contribution in [0, 0.1) is 5.92 Å². The van der Waals surface area contributed by atoms with E-state index in [-0.39, 0.29) is 24.0 Å². The number of fused-ring (bicyclic) bond motifs is 1. The van der Waals surface area contributed by atoms with Crippen LogP contribution in [-0.2, 0) is 15.2 Å². The number of anilines is 2. The molecule has 0 bridgehead atoms. The minimum Gasteiger partial charge on any atom is -0.375 e. The van der Waals surface area contributed by atoms with Crippen molar-refractivity contribution in [1.29, 1.82) is 0 Å². The summed E-state index contributed by atoms with van der Waals surface area (Å²) in [5.41, 5.74) is 0.221. The molecule has 1 heterocycles. The molecule has 2 aliphatic rings. The fraction of sp³-hybridized carbons (Fsp3) is 0.375. The number of carbonyl (C=O) groups is 3. The van der Waals surface area contributed by atoms with Crippen molar-refractivity contribution in [3.63, 3.8) is 0 Å². The highest BCUT2D eigenvalue weighted by atomic mass is 16.3. The second kappa shape index (κ2) is 8.03. The molecule has 0 aromatic heterocycles. The van der Waals surface area contributed by atoms with Crippen LogP contribution in [0.15, 0.2) is 48.5 Å². The van der Waals surface area contributed by atoms with Gasteiger partial charge in [0.2, 0.25) is 5.91 Å². The summed E-state index contributed by atoms with van der Waals surface area (Å²) in [5.74, 6) is -0.756. The summed E-state index contributed by atoms with van der Waals surface area (Å²) in [6.07, 6.45) is 4.88. The van der Waals surface area contributed by atoms with Gasteiger partial charge in [-0.3, -0.25) is 14.4 Å². The number of carbonyl (C=O) groups excluding carboxylic acids is 3. The molecule has 0 spiro atoms. The molecule has 2 amide bonds. The number of para-hydroxylation sites is 1. The Labute approximate surface area is 175 Å². The first-order valence-corrected chi connectivity index (χ1v) is 10.4. The molecule has 1 aliphatic carbocycles. The average molecular weight is 406 g/mol. The normalized spacial score (nSPS) is 21.4. The zero-order chi connectivity index (χ0) is 21.3. The van der Waals surface area contributed by atoms with E-state index in [2.05, 4.69) is 5.32 Å². The molecule has 30 heavy (non-hydrogen) atoms. The summed E-state index contributed by atoms with van der Waals surface area (Å²) < 4.78 is 0. The molecule has 4 rings (SSSR count). The third-order valence-electron chi connectivity index (χ3n) is 6.24. The number of rotatable bonds is 5. The van der Waals surface area contributed by atoms with Crippen LogP contribution in [0.4, 0.5) is 11.4 Å². The zero-order valence-electron chi connectivity index (χ0n) is 17.1. The molecule has 2 aromatic rings. The van der Waals surface area contributed by atoms with Gasteiger partial charge in [0.05, 0.1) is 12.1 Å². The molecule has 1 atom stereocenters. The summed E-state index contributed by atoms with van der Waals surface area (Å²) >= 11 is 0. The fourth-order valence-corrected chi connectivity index (χ4v) is 4.47. The van der Waals surface area contributed by atoms with Crippen molar-refractivity contribution in [2.45, 2.75) is 44.1 Å².